The number of hydrogen-bond acceptors (Lipinski definition) is 6. The normalized spacial score (nSPS) is 30.6. The van der Waals surface area contributed by atoms with Crippen molar-refractivity contribution >= 4 is 5.91 Å². The molecule has 2 rings (SSSR count). The highest BCUT2D eigenvalue weighted by Gasteiger charge is 2.46. The number of rotatable bonds is 6. The van der Waals surface area contributed by atoms with Gasteiger partial charge in [0.05, 0.1) is 6.61 Å². The fraction of sp³-hybridized carbons (Fsp3) is 0.611. The number of aliphatic hydroxyl groups is 3. The first-order valence-corrected chi connectivity index (χ1v) is 8.53. The van der Waals surface area contributed by atoms with Crippen molar-refractivity contribution in [3.8, 4) is 5.75 Å². The molecule has 1 aromatic rings. The van der Waals surface area contributed by atoms with Gasteiger partial charge in [0.25, 0.3) is 0 Å². The number of carbonyl (C=O) groups is 1. The van der Waals surface area contributed by atoms with Crippen molar-refractivity contribution in [2.75, 3.05) is 6.61 Å². The zero-order chi connectivity index (χ0) is 18.6. The van der Waals surface area contributed by atoms with Crippen molar-refractivity contribution in [2.24, 2.45) is 0 Å². The van der Waals surface area contributed by atoms with Gasteiger partial charge in [-0.3, -0.25) is 4.79 Å². The summed E-state index contributed by atoms with van der Waals surface area (Å²) in [5, 5.41) is 32.1. The van der Waals surface area contributed by atoms with E-state index in [2.05, 4.69) is 19.2 Å². The zero-order valence-electron chi connectivity index (χ0n) is 14.8. The third-order valence-corrected chi connectivity index (χ3v) is 4.56. The summed E-state index contributed by atoms with van der Waals surface area (Å²) in [5.74, 6) is 0.554. The molecule has 7 nitrogen and oxygen atoms in total. The maximum atomic E-state index is 11.4. The van der Waals surface area contributed by atoms with E-state index >= 15 is 0 Å². The Kier molecular flexibility index (Phi) is 6.78. The number of carbonyl (C=O) groups excluding carboxylic acids is 1. The van der Waals surface area contributed by atoms with Gasteiger partial charge in [-0.25, -0.2) is 0 Å². The van der Waals surface area contributed by atoms with E-state index in [1.165, 1.54) is 12.5 Å². The molecular weight excluding hydrogens is 326 g/mol. The molecule has 0 radical (unpaired) electrons. The molecule has 1 fully saturated rings. The molecule has 1 aliphatic rings. The van der Waals surface area contributed by atoms with Gasteiger partial charge in [-0.15, -0.1) is 0 Å². The topological polar surface area (TPSA) is 108 Å². The Bertz CT molecular complexity index is 563. The lowest BCUT2D eigenvalue weighted by Crippen LogP contribution is -2.65. The largest absolute Gasteiger partial charge is 0.463 e. The first-order chi connectivity index (χ1) is 11.9. The van der Waals surface area contributed by atoms with Crippen LogP contribution in [0.3, 0.4) is 0 Å². The Labute approximate surface area is 147 Å². The van der Waals surface area contributed by atoms with E-state index in [0.717, 1.165) is 6.42 Å². The van der Waals surface area contributed by atoms with Crippen LogP contribution in [0.1, 0.15) is 38.7 Å². The summed E-state index contributed by atoms with van der Waals surface area (Å²) < 4.78 is 11.3. The Morgan fingerprint density at radius 3 is 2.44 bits per heavy atom. The van der Waals surface area contributed by atoms with Gasteiger partial charge in [0, 0.05) is 6.92 Å². The smallest absolute Gasteiger partial charge is 0.223 e. The van der Waals surface area contributed by atoms with E-state index in [1.54, 1.807) is 12.1 Å². The third kappa shape index (κ3) is 4.70. The third-order valence-electron chi connectivity index (χ3n) is 4.56. The van der Waals surface area contributed by atoms with Crippen molar-refractivity contribution in [1.29, 1.82) is 0 Å². The molecule has 1 amide bonds. The number of hydrogen-bond donors (Lipinski definition) is 4. The second-order valence-electron chi connectivity index (χ2n) is 6.43. The molecule has 1 aliphatic heterocycles. The minimum Gasteiger partial charge on any atom is -0.463 e. The van der Waals surface area contributed by atoms with Crippen LogP contribution in [0.25, 0.3) is 0 Å². The standard InChI is InChI=1S/C18H27NO6/c1-4-10(2)12-5-7-13(8-6-12)24-18-15(19-11(3)21)17(23)16(22)14(9-20)25-18/h5-8,10,14-18,20,22-23H,4,9H2,1-3H3,(H,19,21)/t10?,14-,15-,16-,17-,18-/m1/s1. The Balaban J connectivity index is 2.16. The molecule has 1 saturated heterocycles. The zero-order valence-corrected chi connectivity index (χ0v) is 14.8. The van der Waals surface area contributed by atoms with Gasteiger partial charge in [0.1, 0.15) is 30.1 Å². The van der Waals surface area contributed by atoms with Crippen molar-refractivity contribution in [3.05, 3.63) is 29.8 Å². The molecule has 25 heavy (non-hydrogen) atoms. The summed E-state index contributed by atoms with van der Waals surface area (Å²) in [5.41, 5.74) is 1.18. The number of amides is 1. The van der Waals surface area contributed by atoms with Crippen LogP contribution in [0, 0.1) is 0 Å². The lowest BCUT2D eigenvalue weighted by molar-refractivity contribution is -0.244. The number of nitrogens with one attached hydrogen (secondary N) is 1. The summed E-state index contributed by atoms with van der Waals surface area (Å²) in [7, 11) is 0. The van der Waals surface area contributed by atoms with Gasteiger partial charge in [-0.2, -0.15) is 0 Å². The highest BCUT2D eigenvalue weighted by molar-refractivity contribution is 5.73. The van der Waals surface area contributed by atoms with Gasteiger partial charge in [0.15, 0.2) is 0 Å². The predicted octanol–water partition coefficient (Wildman–Crippen LogP) is 0.523. The molecule has 1 unspecified atom stereocenters. The van der Waals surface area contributed by atoms with Gasteiger partial charge < -0.3 is 30.1 Å². The molecule has 0 aromatic heterocycles. The van der Waals surface area contributed by atoms with E-state index in [-0.39, 0.29) is 5.91 Å². The van der Waals surface area contributed by atoms with E-state index in [9.17, 15) is 20.1 Å². The highest BCUT2D eigenvalue weighted by atomic mass is 16.7. The molecule has 0 bridgehead atoms. The van der Waals surface area contributed by atoms with Gasteiger partial charge >= 0.3 is 0 Å². The van der Waals surface area contributed by atoms with Crippen LogP contribution in [-0.2, 0) is 9.53 Å². The molecule has 0 spiro atoms. The molecule has 140 valence electrons. The predicted molar refractivity (Wildman–Crippen MR) is 91.1 cm³/mol. The van der Waals surface area contributed by atoms with Crippen molar-refractivity contribution in [1.82, 2.24) is 5.32 Å². The molecule has 1 heterocycles. The molecular formula is C18H27NO6. The summed E-state index contributed by atoms with van der Waals surface area (Å²) in [6, 6.07) is 6.54. The van der Waals surface area contributed by atoms with Crippen LogP contribution in [0.4, 0.5) is 0 Å². The van der Waals surface area contributed by atoms with Crippen LogP contribution in [0.15, 0.2) is 24.3 Å². The van der Waals surface area contributed by atoms with Crippen LogP contribution in [0.2, 0.25) is 0 Å². The van der Waals surface area contributed by atoms with Crippen molar-refractivity contribution < 1.29 is 29.6 Å². The van der Waals surface area contributed by atoms with Gasteiger partial charge in [-0.05, 0) is 30.0 Å². The quantitative estimate of drug-likeness (QED) is 0.594. The average Bonchev–Trinajstić information content (AvgIpc) is 2.60. The molecule has 7 heteroatoms. The van der Waals surface area contributed by atoms with Crippen molar-refractivity contribution in [2.45, 2.75) is 63.8 Å². The first kappa shape index (κ1) is 19.7. The average molecular weight is 353 g/mol. The van der Waals surface area contributed by atoms with E-state index < -0.39 is 37.3 Å². The summed E-state index contributed by atoms with van der Waals surface area (Å²) in [4.78, 5) is 11.4. The number of ether oxygens (including phenoxy) is 2. The van der Waals surface area contributed by atoms with Crippen LogP contribution < -0.4 is 10.1 Å². The summed E-state index contributed by atoms with van der Waals surface area (Å²) in [6.45, 7) is 5.08. The maximum absolute atomic E-state index is 11.4. The first-order valence-electron chi connectivity index (χ1n) is 8.53. The fourth-order valence-electron chi connectivity index (χ4n) is 2.82. The lowest BCUT2D eigenvalue weighted by atomic mass is 9.97. The minimum absolute atomic E-state index is 0.386. The van der Waals surface area contributed by atoms with Crippen LogP contribution in [-0.4, -0.2) is 58.5 Å². The van der Waals surface area contributed by atoms with Gasteiger partial charge in [0.2, 0.25) is 12.2 Å². The molecule has 0 aliphatic carbocycles. The van der Waals surface area contributed by atoms with Crippen LogP contribution in [0.5, 0.6) is 5.75 Å². The van der Waals surface area contributed by atoms with E-state index in [1.807, 2.05) is 12.1 Å². The second-order valence-corrected chi connectivity index (χ2v) is 6.43. The molecule has 6 atom stereocenters. The Morgan fingerprint density at radius 2 is 1.92 bits per heavy atom. The number of aliphatic hydroxyl groups excluding tert-OH is 3. The monoisotopic (exact) mass is 353 g/mol. The highest BCUT2D eigenvalue weighted by Crippen LogP contribution is 2.26. The van der Waals surface area contributed by atoms with E-state index in [4.69, 9.17) is 9.47 Å². The molecule has 4 N–H and O–H groups in total. The lowest BCUT2D eigenvalue weighted by Gasteiger charge is -2.42. The second kappa shape index (κ2) is 8.62. The van der Waals surface area contributed by atoms with Gasteiger partial charge in [-0.1, -0.05) is 26.0 Å². The maximum Gasteiger partial charge on any atom is 0.223 e. The molecule has 0 saturated carbocycles. The Hall–Kier alpha value is -1.67. The van der Waals surface area contributed by atoms with E-state index in [0.29, 0.717) is 11.7 Å². The SMILES string of the molecule is CCC(C)c1ccc(O[C@@H]2O[C@H](CO)[C@@H](O)[C@H](O)[C@H]2NC(C)=O)cc1. The minimum atomic E-state index is -1.32. The fourth-order valence-corrected chi connectivity index (χ4v) is 2.82. The number of benzene rings is 1. The summed E-state index contributed by atoms with van der Waals surface area (Å²) in [6.07, 6.45) is -3.65. The summed E-state index contributed by atoms with van der Waals surface area (Å²) >= 11 is 0. The molecule has 1 aromatic carbocycles. The van der Waals surface area contributed by atoms with Crippen LogP contribution >= 0.6 is 0 Å². The van der Waals surface area contributed by atoms with Crippen molar-refractivity contribution in [3.63, 3.8) is 0 Å². The Morgan fingerprint density at radius 1 is 1.28 bits per heavy atom.